The summed E-state index contributed by atoms with van der Waals surface area (Å²) >= 11 is 0. The SMILES string of the molecule is Cc1ccc2c(COC(=O)CN3C(=O)NC(C)(C)C3=O)cc(=O)oc2c1. The third-order valence-electron chi connectivity index (χ3n) is 4.11. The van der Waals surface area contributed by atoms with Crippen LogP contribution in [0.5, 0.6) is 0 Å². The standard InChI is InChI=1S/C18H18N2O6/c1-10-4-5-12-11(7-14(21)26-13(12)6-10)9-25-15(22)8-20-16(23)18(2,3)19-17(20)24/h4-7H,8-9H2,1-3H3,(H,19,24). The molecule has 0 saturated carbocycles. The van der Waals surface area contributed by atoms with Gasteiger partial charge in [-0.2, -0.15) is 0 Å². The van der Waals surface area contributed by atoms with E-state index in [0.29, 0.717) is 16.5 Å². The van der Waals surface area contributed by atoms with Gasteiger partial charge < -0.3 is 14.5 Å². The Balaban J connectivity index is 1.73. The zero-order valence-corrected chi connectivity index (χ0v) is 14.6. The zero-order valence-electron chi connectivity index (χ0n) is 14.6. The molecule has 0 atom stereocenters. The fourth-order valence-corrected chi connectivity index (χ4v) is 2.75. The predicted molar refractivity (Wildman–Crippen MR) is 91.3 cm³/mol. The molecule has 8 nitrogen and oxygen atoms in total. The fraction of sp³-hybridized carbons (Fsp3) is 0.333. The Kier molecular flexibility index (Phi) is 4.27. The summed E-state index contributed by atoms with van der Waals surface area (Å²) in [6.07, 6.45) is 0. The van der Waals surface area contributed by atoms with Crippen LogP contribution in [0.15, 0.2) is 33.5 Å². The number of benzene rings is 1. The molecule has 1 fully saturated rings. The van der Waals surface area contributed by atoms with Crippen molar-refractivity contribution in [3.05, 3.63) is 45.8 Å². The lowest BCUT2D eigenvalue weighted by Crippen LogP contribution is -2.41. The van der Waals surface area contributed by atoms with Gasteiger partial charge in [-0.3, -0.25) is 14.5 Å². The first-order chi connectivity index (χ1) is 12.2. The van der Waals surface area contributed by atoms with E-state index in [4.69, 9.17) is 9.15 Å². The number of nitrogens with zero attached hydrogens (tertiary/aromatic N) is 1. The summed E-state index contributed by atoms with van der Waals surface area (Å²) in [7, 11) is 0. The van der Waals surface area contributed by atoms with Crippen molar-refractivity contribution in [2.75, 3.05) is 6.54 Å². The highest BCUT2D eigenvalue weighted by molar-refractivity contribution is 6.08. The van der Waals surface area contributed by atoms with Crippen molar-refractivity contribution in [1.29, 1.82) is 0 Å². The third-order valence-corrected chi connectivity index (χ3v) is 4.11. The number of nitrogens with one attached hydrogen (secondary N) is 1. The molecule has 1 aromatic carbocycles. The van der Waals surface area contributed by atoms with Gasteiger partial charge in [-0.25, -0.2) is 9.59 Å². The number of carbonyl (C=O) groups excluding carboxylic acids is 3. The second-order valence-corrected chi connectivity index (χ2v) is 6.70. The summed E-state index contributed by atoms with van der Waals surface area (Å²) in [6.45, 7) is 4.31. The first-order valence-electron chi connectivity index (χ1n) is 8.00. The maximum Gasteiger partial charge on any atom is 0.336 e. The highest BCUT2D eigenvalue weighted by Gasteiger charge is 2.45. The smallest absolute Gasteiger partial charge is 0.336 e. The van der Waals surface area contributed by atoms with Crippen LogP contribution in [0.2, 0.25) is 0 Å². The summed E-state index contributed by atoms with van der Waals surface area (Å²) < 4.78 is 10.3. The molecule has 1 N–H and O–H groups in total. The van der Waals surface area contributed by atoms with Gasteiger partial charge in [0.2, 0.25) is 0 Å². The summed E-state index contributed by atoms with van der Waals surface area (Å²) in [5, 5.41) is 3.14. The molecule has 0 radical (unpaired) electrons. The molecule has 3 rings (SSSR count). The number of esters is 1. The maximum absolute atomic E-state index is 12.1. The number of fused-ring (bicyclic) bond motifs is 1. The summed E-state index contributed by atoms with van der Waals surface area (Å²) in [4.78, 5) is 48.4. The summed E-state index contributed by atoms with van der Waals surface area (Å²) in [5.74, 6) is -1.25. The number of imide groups is 1. The van der Waals surface area contributed by atoms with Crippen LogP contribution in [0.4, 0.5) is 4.79 Å². The maximum atomic E-state index is 12.1. The average Bonchev–Trinajstić information content (AvgIpc) is 2.73. The van der Waals surface area contributed by atoms with Gasteiger partial charge in [0, 0.05) is 17.0 Å². The monoisotopic (exact) mass is 358 g/mol. The molecule has 2 aromatic rings. The average molecular weight is 358 g/mol. The van der Waals surface area contributed by atoms with Crippen molar-refractivity contribution in [2.24, 2.45) is 0 Å². The van der Waals surface area contributed by atoms with Crippen molar-refractivity contribution in [1.82, 2.24) is 10.2 Å². The van der Waals surface area contributed by atoms with E-state index >= 15 is 0 Å². The van der Waals surface area contributed by atoms with Gasteiger partial charge in [-0.15, -0.1) is 0 Å². The third kappa shape index (κ3) is 3.30. The molecule has 136 valence electrons. The zero-order chi connectivity index (χ0) is 19.1. The molecule has 2 heterocycles. The Labute approximate surface area is 148 Å². The fourth-order valence-electron chi connectivity index (χ4n) is 2.75. The molecule has 0 unspecified atom stereocenters. The van der Waals surface area contributed by atoms with E-state index in [2.05, 4.69) is 5.32 Å². The van der Waals surface area contributed by atoms with Crippen LogP contribution in [0.1, 0.15) is 25.0 Å². The van der Waals surface area contributed by atoms with Crippen molar-refractivity contribution in [3.8, 4) is 0 Å². The van der Waals surface area contributed by atoms with E-state index in [1.54, 1.807) is 26.0 Å². The quantitative estimate of drug-likeness (QED) is 0.504. The Morgan fingerprint density at radius 3 is 2.62 bits per heavy atom. The number of ether oxygens (including phenoxy) is 1. The molecule has 3 amide bonds. The predicted octanol–water partition coefficient (Wildman–Crippen LogP) is 1.48. The van der Waals surface area contributed by atoms with Crippen LogP contribution in [-0.2, 0) is 20.9 Å². The van der Waals surface area contributed by atoms with Crippen LogP contribution in [-0.4, -0.2) is 34.9 Å². The molecule has 1 saturated heterocycles. The second kappa shape index (κ2) is 6.29. The lowest BCUT2D eigenvalue weighted by molar-refractivity contribution is -0.148. The van der Waals surface area contributed by atoms with Crippen molar-refractivity contribution in [2.45, 2.75) is 32.9 Å². The van der Waals surface area contributed by atoms with E-state index in [0.717, 1.165) is 10.5 Å². The van der Waals surface area contributed by atoms with Crippen molar-refractivity contribution >= 4 is 28.9 Å². The highest BCUT2D eigenvalue weighted by atomic mass is 16.5. The van der Waals surface area contributed by atoms with E-state index in [1.165, 1.54) is 6.07 Å². The number of aryl methyl sites for hydroxylation is 1. The van der Waals surface area contributed by atoms with Gasteiger partial charge in [-0.05, 0) is 32.4 Å². The second-order valence-electron chi connectivity index (χ2n) is 6.70. The largest absolute Gasteiger partial charge is 0.459 e. The molecule has 1 aromatic heterocycles. The Hall–Kier alpha value is -3.16. The van der Waals surface area contributed by atoms with Gasteiger partial charge in [0.15, 0.2) is 0 Å². The van der Waals surface area contributed by atoms with E-state index < -0.39 is 35.6 Å². The van der Waals surface area contributed by atoms with Gasteiger partial charge >= 0.3 is 17.6 Å². The highest BCUT2D eigenvalue weighted by Crippen LogP contribution is 2.20. The molecule has 1 aliphatic heterocycles. The first-order valence-corrected chi connectivity index (χ1v) is 8.00. The topological polar surface area (TPSA) is 106 Å². The minimum absolute atomic E-state index is 0.170. The Morgan fingerprint density at radius 1 is 1.23 bits per heavy atom. The number of rotatable bonds is 4. The van der Waals surface area contributed by atoms with Gasteiger partial charge in [0.25, 0.3) is 5.91 Å². The normalized spacial score (nSPS) is 16.0. The van der Waals surface area contributed by atoms with Gasteiger partial charge in [0.1, 0.15) is 24.3 Å². The molecule has 26 heavy (non-hydrogen) atoms. The van der Waals surface area contributed by atoms with Crippen molar-refractivity contribution < 1.29 is 23.5 Å². The van der Waals surface area contributed by atoms with Crippen LogP contribution >= 0.6 is 0 Å². The van der Waals surface area contributed by atoms with Crippen LogP contribution < -0.4 is 10.9 Å². The van der Waals surface area contributed by atoms with Crippen LogP contribution in [0, 0.1) is 6.92 Å². The van der Waals surface area contributed by atoms with Crippen LogP contribution in [0.25, 0.3) is 11.0 Å². The Bertz CT molecular complexity index is 975. The molecule has 0 aliphatic carbocycles. The lowest BCUT2D eigenvalue weighted by Gasteiger charge is -2.15. The number of carbonyl (C=O) groups is 3. The summed E-state index contributed by atoms with van der Waals surface area (Å²) in [6, 6.07) is 5.96. The van der Waals surface area contributed by atoms with E-state index in [1.807, 2.05) is 13.0 Å². The number of hydrogen-bond acceptors (Lipinski definition) is 6. The minimum atomic E-state index is -1.05. The molecule has 0 bridgehead atoms. The van der Waals surface area contributed by atoms with E-state index in [9.17, 15) is 19.2 Å². The van der Waals surface area contributed by atoms with E-state index in [-0.39, 0.29) is 6.61 Å². The first kappa shape index (κ1) is 17.7. The molecule has 8 heteroatoms. The molecular formula is C18H18N2O6. The van der Waals surface area contributed by atoms with Gasteiger partial charge in [-0.1, -0.05) is 12.1 Å². The Morgan fingerprint density at radius 2 is 1.96 bits per heavy atom. The minimum Gasteiger partial charge on any atom is -0.459 e. The van der Waals surface area contributed by atoms with Gasteiger partial charge in [0.05, 0.1) is 0 Å². The number of amides is 3. The molecule has 0 spiro atoms. The number of urea groups is 1. The summed E-state index contributed by atoms with van der Waals surface area (Å²) in [5.41, 5.74) is 0.214. The lowest BCUT2D eigenvalue weighted by atomic mass is 10.1. The molecular weight excluding hydrogens is 340 g/mol. The van der Waals surface area contributed by atoms with Crippen LogP contribution in [0.3, 0.4) is 0 Å². The van der Waals surface area contributed by atoms with Crippen molar-refractivity contribution in [3.63, 3.8) is 0 Å². The number of hydrogen-bond donors (Lipinski definition) is 1. The molecule has 1 aliphatic rings.